The molecule has 0 N–H and O–H groups in total. The standard InChI is InChI=1S/CH4ClPS/c1-3(2)4/h3H,1H3. The summed E-state index contributed by atoms with van der Waals surface area (Å²) in [5.41, 5.74) is 0. The van der Waals surface area contributed by atoms with E-state index >= 15 is 0 Å². The van der Waals surface area contributed by atoms with Crippen molar-refractivity contribution >= 4 is 29.1 Å². The highest BCUT2D eigenvalue weighted by atomic mass is 35.7. The lowest BCUT2D eigenvalue weighted by Crippen LogP contribution is -1.16. The van der Waals surface area contributed by atoms with Gasteiger partial charge in [0, 0.05) is 6.05 Å². The molecule has 0 heterocycles. The quantitative estimate of drug-likeness (QED) is 0.430. The van der Waals surface area contributed by atoms with E-state index in [0.29, 0.717) is 0 Å². The lowest BCUT2D eigenvalue weighted by molar-refractivity contribution is 2.50. The van der Waals surface area contributed by atoms with Crippen molar-refractivity contribution in [3.05, 3.63) is 0 Å². The number of hydrogen-bond donors (Lipinski definition) is 0. The van der Waals surface area contributed by atoms with Gasteiger partial charge in [-0.05, 0) is 6.66 Å². The van der Waals surface area contributed by atoms with Gasteiger partial charge in [-0.2, -0.15) is 0 Å². The van der Waals surface area contributed by atoms with Gasteiger partial charge >= 0.3 is 0 Å². The molecule has 0 amide bonds. The fourth-order valence-corrected chi connectivity index (χ4v) is 0. The lowest BCUT2D eigenvalue weighted by atomic mass is 12.0. The van der Waals surface area contributed by atoms with E-state index in [1.807, 2.05) is 6.66 Å². The van der Waals surface area contributed by atoms with Crippen LogP contribution in [0.2, 0.25) is 0 Å². The molecule has 0 spiro atoms. The summed E-state index contributed by atoms with van der Waals surface area (Å²) in [5.74, 6) is 0. The van der Waals surface area contributed by atoms with Crippen molar-refractivity contribution in [1.29, 1.82) is 0 Å². The number of rotatable bonds is 0. The molecule has 0 saturated heterocycles. The third-order valence-electron chi connectivity index (χ3n) is 0. The fourth-order valence-electron chi connectivity index (χ4n) is 0. The monoisotopic (exact) mass is 114 g/mol. The molecule has 1 atom stereocenters. The Morgan fingerprint density at radius 1 is 2.00 bits per heavy atom. The minimum atomic E-state index is -0.824. The predicted molar refractivity (Wildman–Crippen MR) is 27.5 cm³/mol. The Kier molecular flexibility index (Phi) is 2.71. The van der Waals surface area contributed by atoms with Gasteiger partial charge < -0.3 is 0 Å². The molecule has 0 aliphatic heterocycles. The van der Waals surface area contributed by atoms with E-state index in [4.69, 9.17) is 11.2 Å². The summed E-state index contributed by atoms with van der Waals surface area (Å²) in [4.78, 5) is 0. The molecule has 26 valence electrons. The van der Waals surface area contributed by atoms with Crippen LogP contribution in [0.4, 0.5) is 0 Å². The van der Waals surface area contributed by atoms with Crippen molar-refractivity contribution < 1.29 is 0 Å². The van der Waals surface area contributed by atoms with Gasteiger partial charge in [0.1, 0.15) is 0 Å². The average Bonchev–Trinajstić information content (AvgIpc) is 0.811. The molecule has 0 saturated carbocycles. The van der Waals surface area contributed by atoms with Crippen LogP contribution in [-0.4, -0.2) is 6.66 Å². The van der Waals surface area contributed by atoms with E-state index in [1.54, 1.807) is 0 Å². The summed E-state index contributed by atoms with van der Waals surface area (Å²) < 4.78 is 0. The first kappa shape index (κ1) is 4.94. The van der Waals surface area contributed by atoms with Crippen molar-refractivity contribution in [2.45, 2.75) is 0 Å². The summed E-state index contributed by atoms with van der Waals surface area (Å²) in [6.07, 6.45) is 0. The smallest absolute Gasteiger partial charge is 0.0241 e. The van der Waals surface area contributed by atoms with Crippen LogP contribution in [0.5, 0.6) is 0 Å². The van der Waals surface area contributed by atoms with Gasteiger partial charge in [-0.1, -0.05) is 23.0 Å². The number of hydrogen-bond acceptors (Lipinski definition) is 1. The van der Waals surface area contributed by atoms with Crippen LogP contribution >= 0.6 is 17.3 Å². The Morgan fingerprint density at radius 3 is 2.00 bits per heavy atom. The zero-order valence-corrected chi connectivity index (χ0v) is 4.86. The Morgan fingerprint density at radius 2 is 2.00 bits per heavy atom. The first-order valence-corrected chi connectivity index (χ1v) is 5.04. The van der Waals surface area contributed by atoms with E-state index in [-0.39, 0.29) is 0 Å². The predicted octanol–water partition coefficient (Wildman–Crippen LogP) is 1.45. The van der Waals surface area contributed by atoms with Crippen molar-refractivity contribution in [3.8, 4) is 0 Å². The maximum Gasteiger partial charge on any atom is 0.0241 e. The minimum Gasteiger partial charge on any atom is -0.0893 e. The second kappa shape index (κ2) is 2.19. The van der Waals surface area contributed by atoms with Gasteiger partial charge in [0.25, 0.3) is 0 Å². The molecular formula is CH4ClPS. The molecule has 0 aromatic carbocycles. The normalized spacial score (nSPS) is 15.5. The van der Waals surface area contributed by atoms with Crippen LogP contribution in [0, 0.1) is 0 Å². The Bertz CT molecular complexity index is 31.0. The van der Waals surface area contributed by atoms with Crippen LogP contribution in [0.25, 0.3) is 0 Å². The minimum absolute atomic E-state index is 0.824. The van der Waals surface area contributed by atoms with Crippen LogP contribution in [0.15, 0.2) is 0 Å². The van der Waals surface area contributed by atoms with Crippen LogP contribution < -0.4 is 0 Å². The van der Waals surface area contributed by atoms with Gasteiger partial charge in [-0.25, -0.2) is 0 Å². The van der Waals surface area contributed by atoms with Crippen molar-refractivity contribution in [3.63, 3.8) is 0 Å². The Hall–Kier alpha value is 0.940. The third kappa shape index (κ3) is 12.5. The van der Waals surface area contributed by atoms with Gasteiger partial charge in [-0.15, -0.1) is 0 Å². The zero-order valence-electron chi connectivity index (χ0n) is 2.29. The van der Waals surface area contributed by atoms with E-state index in [1.165, 1.54) is 0 Å². The molecule has 0 aliphatic rings. The molecule has 1 unspecified atom stereocenters. The summed E-state index contributed by atoms with van der Waals surface area (Å²) in [6.45, 7) is 1.85. The SMILES string of the molecule is C[PH](=S)Cl. The van der Waals surface area contributed by atoms with E-state index < -0.39 is 6.05 Å². The third-order valence-corrected chi connectivity index (χ3v) is 0. The molecule has 0 aromatic heterocycles. The topological polar surface area (TPSA) is 0 Å². The summed E-state index contributed by atoms with van der Waals surface area (Å²) in [5, 5.41) is 0. The van der Waals surface area contributed by atoms with Gasteiger partial charge in [0.05, 0.1) is 0 Å². The van der Waals surface area contributed by atoms with Crippen molar-refractivity contribution in [1.82, 2.24) is 0 Å². The molecule has 0 fully saturated rings. The maximum atomic E-state index is 5.19. The number of halogens is 1. The summed E-state index contributed by atoms with van der Waals surface area (Å²) in [7, 11) is 0. The highest BCUT2D eigenvalue weighted by Gasteiger charge is 1.56. The lowest BCUT2D eigenvalue weighted by Gasteiger charge is -1.60. The van der Waals surface area contributed by atoms with E-state index in [0.717, 1.165) is 0 Å². The molecule has 0 bridgehead atoms. The Labute approximate surface area is 36.4 Å². The highest BCUT2D eigenvalue weighted by Crippen LogP contribution is 2.18. The fraction of sp³-hybridized carbons (Fsp3) is 1.00. The molecule has 3 heteroatoms. The highest BCUT2D eigenvalue weighted by molar-refractivity contribution is 8.16. The molecular weight excluding hydrogens is 111 g/mol. The van der Waals surface area contributed by atoms with Crippen molar-refractivity contribution in [2.75, 3.05) is 6.66 Å². The molecule has 0 rings (SSSR count). The summed E-state index contributed by atoms with van der Waals surface area (Å²) in [6, 6.07) is -0.824. The molecule has 0 aliphatic carbocycles. The second-order valence-corrected chi connectivity index (χ2v) is 5.62. The van der Waals surface area contributed by atoms with E-state index in [9.17, 15) is 0 Å². The van der Waals surface area contributed by atoms with Crippen molar-refractivity contribution in [2.24, 2.45) is 0 Å². The second-order valence-electron chi connectivity index (χ2n) is 0.470. The average molecular weight is 115 g/mol. The molecule has 0 aromatic rings. The largest absolute Gasteiger partial charge is 0.0893 e. The Balaban J connectivity index is 2.80. The van der Waals surface area contributed by atoms with Gasteiger partial charge in [-0.3, -0.25) is 0 Å². The molecule has 4 heavy (non-hydrogen) atoms. The first-order valence-electron chi connectivity index (χ1n) is 0.893. The summed E-state index contributed by atoms with van der Waals surface area (Å²) >= 11 is 9.68. The van der Waals surface area contributed by atoms with Crippen LogP contribution in [0.1, 0.15) is 0 Å². The van der Waals surface area contributed by atoms with E-state index in [2.05, 4.69) is 11.8 Å². The zero-order chi connectivity index (χ0) is 3.58. The van der Waals surface area contributed by atoms with Crippen LogP contribution in [-0.2, 0) is 11.8 Å². The van der Waals surface area contributed by atoms with Gasteiger partial charge in [0.2, 0.25) is 0 Å². The maximum absolute atomic E-state index is 5.19. The molecule has 0 radical (unpaired) electrons. The molecule has 0 nitrogen and oxygen atoms in total. The first-order chi connectivity index (χ1) is 1.73. The van der Waals surface area contributed by atoms with Crippen LogP contribution in [0.3, 0.4) is 0 Å². The van der Waals surface area contributed by atoms with Gasteiger partial charge in [0.15, 0.2) is 0 Å².